The summed E-state index contributed by atoms with van der Waals surface area (Å²) >= 11 is 5.90. The Morgan fingerprint density at radius 2 is 2.10 bits per heavy atom. The van der Waals surface area contributed by atoms with Crippen LogP contribution >= 0.6 is 11.6 Å². The second-order valence-corrected chi connectivity index (χ2v) is 7.01. The third-order valence-electron chi connectivity index (χ3n) is 3.45. The number of fused-ring (bicyclic) bond motifs is 1. The van der Waals surface area contributed by atoms with E-state index >= 15 is 0 Å². The Balaban J connectivity index is 2.04. The first-order valence-electron chi connectivity index (χ1n) is 6.05. The molecule has 1 aliphatic rings. The number of benzene rings is 1. The van der Waals surface area contributed by atoms with Gasteiger partial charge < -0.3 is 5.11 Å². The smallest absolute Gasteiger partial charge is 0.307 e. The molecule has 1 atom stereocenters. The number of carboxylic acids is 1. The van der Waals surface area contributed by atoms with Gasteiger partial charge in [-0.05, 0) is 28.9 Å². The van der Waals surface area contributed by atoms with Gasteiger partial charge in [-0.2, -0.15) is 4.31 Å². The molecule has 1 unspecified atom stereocenters. The zero-order chi connectivity index (χ0) is 15.2. The Kier molecular flexibility index (Phi) is 3.34. The SMILES string of the molecule is O=C(O)C1CCN(S(=O)(=O)c2ccc(Cl)c3nonc23)C1. The lowest BCUT2D eigenvalue weighted by Crippen LogP contribution is -2.30. The number of halogens is 1. The number of aromatic nitrogens is 2. The van der Waals surface area contributed by atoms with Crippen molar-refractivity contribution in [3.63, 3.8) is 0 Å². The molecule has 0 spiro atoms. The molecule has 0 bridgehead atoms. The van der Waals surface area contributed by atoms with E-state index in [9.17, 15) is 13.2 Å². The minimum atomic E-state index is -3.87. The van der Waals surface area contributed by atoms with Gasteiger partial charge in [-0.25, -0.2) is 13.0 Å². The Bertz CT molecular complexity index is 818. The van der Waals surface area contributed by atoms with Crippen LogP contribution in [0.25, 0.3) is 11.0 Å². The summed E-state index contributed by atoms with van der Waals surface area (Å²) in [7, 11) is -3.87. The average Bonchev–Trinajstić information content (AvgIpc) is 3.08. The molecule has 0 aliphatic carbocycles. The van der Waals surface area contributed by atoms with E-state index in [1.54, 1.807) is 0 Å². The molecule has 0 saturated carbocycles. The maximum atomic E-state index is 12.6. The van der Waals surface area contributed by atoms with Crippen molar-refractivity contribution in [2.24, 2.45) is 5.92 Å². The van der Waals surface area contributed by atoms with Gasteiger partial charge in [0.25, 0.3) is 0 Å². The molecule has 112 valence electrons. The predicted octanol–water partition coefficient (Wildman–Crippen LogP) is 0.971. The maximum Gasteiger partial charge on any atom is 0.307 e. The van der Waals surface area contributed by atoms with E-state index in [-0.39, 0.29) is 40.5 Å². The molecule has 8 nitrogen and oxygen atoms in total. The second kappa shape index (κ2) is 4.93. The molecule has 1 aliphatic heterocycles. The van der Waals surface area contributed by atoms with Crippen LogP contribution in [0.3, 0.4) is 0 Å². The number of hydrogen-bond acceptors (Lipinski definition) is 6. The van der Waals surface area contributed by atoms with Gasteiger partial charge in [0.2, 0.25) is 10.0 Å². The van der Waals surface area contributed by atoms with E-state index in [0.717, 1.165) is 4.31 Å². The van der Waals surface area contributed by atoms with Crippen LogP contribution in [-0.4, -0.2) is 47.2 Å². The van der Waals surface area contributed by atoms with Crippen LogP contribution in [0.4, 0.5) is 0 Å². The highest BCUT2D eigenvalue weighted by Crippen LogP contribution is 2.31. The third-order valence-corrected chi connectivity index (χ3v) is 5.65. The predicted molar refractivity (Wildman–Crippen MR) is 71.3 cm³/mol. The highest BCUT2D eigenvalue weighted by Gasteiger charge is 2.37. The molecule has 1 fully saturated rings. The van der Waals surface area contributed by atoms with Crippen molar-refractivity contribution >= 4 is 38.6 Å². The first-order chi connectivity index (χ1) is 9.91. The zero-order valence-corrected chi connectivity index (χ0v) is 12.1. The van der Waals surface area contributed by atoms with Gasteiger partial charge in [0.1, 0.15) is 4.90 Å². The summed E-state index contributed by atoms with van der Waals surface area (Å²) in [6.45, 7) is 0.0851. The molecule has 0 amide bonds. The molecule has 1 saturated heterocycles. The van der Waals surface area contributed by atoms with E-state index < -0.39 is 21.9 Å². The largest absolute Gasteiger partial charge is 0.481 e. The topological polar surface area (TPSA) is 114 Å². The van der Waals surface area contributed by atoms with Crippen molar-refractivity contribution in [3.05, 3.63) is 17.2 Å². The van der Waals surface area contributed by atoms with Crippen LogP contribution in [0.1, 0.15) is 6.42 Å². The highest BCUT2D eigenvalue weighted by atomic mass is 35.5. The molecule has 2 heterocycles. The second-order valence-electron chi connectivity index (χ2n) is 4.69. The Hall–Kier alpha value is -1.71. The Morgan fingerprint density at radius 1 is 1.38 bits per heavy atom. The van der Waals surface area contributed by atoms with Crippen LogP contribution < -0.4 is 0 Å². The van der Waals surface area contributed by atoms with Crippen LogP contribution in [0.5, 0.6) is 0 Å². The van der Waals surface area contributed by atoms with Crippen LogP contribution in [-0.2, 0) is 14.8 Å². The van der Waals surface area contributed by atoms with Gasteiger partial charge in [0.15, 0.2) is 11.0 Å². The molecule has 2 aromatic rings. The summed E-state index contributed by atoms with van der Waals surface area (Å²) in [4.78, 5) is 10.9. The van der Waals surface area contributed by atoms with Gasteiger partial charge in [0, 0.05) is 13.1 Å². The summed E-state index contributed by atoms with van der Waals surface area (Å²) in [5.41, 5.74) is 0.202. The van der Waals surface area contributed by atoms with E-state index in [0.29, 0.717) is 0 Å². The van der Waals surface area contributed by atoms with E-state index in [4.69, 9.17) is 16.7 Å². The Morgan fingerprint density at radius 3 is 2.76 bits per heavy atom. The number of carbonyl (C=O) groups is 1. The molecule has 10 heteroatoms. The van der Waals surface area contributed by atoms with Crippen molar-refractivity contribution in [3.8, 4) is 0 Å². The first-order valence-corrected chi connectivity index (χ1v) is 7.87. The molecular formula is C11H10ClN3O5S. The molecule has 1 aromatic carbocycles. The quantitative estimate of drug-likeness (QED) is 0.891. The summed E-state index contributed by atoms with van der Waals surface area (Å²) in [6, 6.07) is 2.71. The fourth-order valence-electron chi connectivity index (χ4n) is 2.31. The van der Waals surface area contributed by atoms with E-state index in [1.165, 1.54) is 12.1 Å². The zero-order valence-electron chi connectivity index (χ0n) is 10.6. The minimum absolute atomic E-state index is 0.0428. The molecular weight excluding hydrogens is 322 g/mol. The normalized spacial score (nSPS) is 20.1. The minimum Gasteiger partial charge on any atom is -0.481 e. The number of carboxylic acid groups (broad SMARTS) is 1. The van der Waals surface area contributed by atoms with Crippen molar-refractivity contribution in [2.45, 2.75) is 11.3 Å². The van der Waals surface area contributed by atoms with E-state index in [1.807, 2.05) is 0 Å². The number of sulfonamides is 1. The van der Waals surface area contributed by atoms with Crippen molar-refractivity contribution in [1.82, 2.24) is 14.6 Å². The van der Waals surface area contributed by atoms with Crippen LogP contribution in [0.2, 0.25) is 5.02 Å². The first kappa shape index (κ1) is 14.2. The Labute approximate surface area is 124 Å². The van der Waals surface area contributed by atoms with Crippen LogP contribution in [0.15, 0.2) is 21.7 Å². The summed E-state index contributed by atoms with van der Waals surface area (Å²) in [5.74, 6) is -1.70. The van der Waals surface area contributed by atoms with Crippen molar-refractivity contribution in [1.29, 1.82) is 0 Å². The number of aliphatic carboxylic acids is 1. The number of hydrogen-bond donors (Lipinski definition) is 1. The van der Waals surface area contributed by atoms with Gasteiger partial charge in [0.05, 0.1) is 10.9 Å². The summed E-state index contributed by atoms with van der Waals surface area (Å²) in [5, 5.41) is 16.3. The lowest BCUT2D eigenvalue weighted by atomic mass is 10.1. The third kappa shape index (κ3) is 2.27. The summed E-state index contributed by atoms with van der Waals surface area (Å²) in [6.07, 6.45) is 0.280. The van der Waals surface area contributed by atoms with Crippen molar-refractivity contribution in [2.75, 3.05) is 13.1 Å². The molecule has 1 aromatic heterocycles. The van der Waals surface area contributed by atoms with Crippen LogP contribution in [0, 0.1) is 5.92 Å². The molecule has 0 radical (unpaired) electrons. The standard InChI is InChI=1S/C11H10ClN3O5S/c12-7-1-2-8(10-9(7)13-20-14-10)21(18,19)15-4-3-6(5-15)11(16)17/h1-2,6H,3-5H2,(H,16,17). The molecule has 3 rings (SSSR count). The fourth-order valence-corrected chi connectivity index (χ4v) is 4.11. The average molecular weight is 332 g/mol. The lowest BCUT2D eigenvalue weighted by Gasteiger charge is -2.15. The maximum absolute atomic E-state index is 12.6. The molecule has 21 heavy (non-hydrogen) atoms. The van der Waals surface area contributed by atoms with Gasteiger partial charge >= 0.3 is 5.97 Å². The lowest BCUT2D eigenvalue weighted by molar-refractivity contribution is -0.141. The van der Waals surface area contributed by atoms with Gasteiger partial charge in [-0.3, -0.25) is 4.79 Å². The number of rotatable bonds is 3. The molecule has 1 N–H and O–H groups in total. The monoisotopic (exact) mass is 331 g/mol. The van der Waals surface area contributed by atoms with Gasteiger partial charge in [-0.15, -0.1) is 0 Å². The van der Waals surface area contributed by atoms with E-state index in [2.05, 4.69) is 14.9 Å². The highest BCUT2D eigenvalue weighted by molar-refractivity contribution is 7.89. The summed E-state index contributed by atoms with van der Waals surface area (Å²) < 4.78 is 30.9. The fraction of sp³-hybridized carbons (Fsp3) is 0.364. The number of nitrogens with zero attached hydrogens (tertiary/aromatic N) is 3. The van der Waals surface area contributed by atoms with Crippen molar-refractivity contribution < 1.29 is 22.9 Å². The van der Waals surface area contributed by atoms with Gasteiger partial charge in [-0.1, -0.05) is 11.6 Å².